The molecular weight excluding hydrogens is 200 g/mol. The van der Waals surface area contributed by atoms with Gasteiger partial charge in [0.05, 0.1) is 6.42 Å². The van der Waals surface area contributed by atoms with Crippen molar-refractivity contribution in [1.29, 1.82) is 0 Å². The lowest BCUT2D eigenvalue weighted by molar-refractivity contribution is -0.136. The molecule has 0 aliphatic carbocycles. The molecule has 0 saturated carbocycles. The summed E-state index contributed by atoms with van der Waals surface area (Å²) in [5.74, 6) is -0.859. The maximum atomic E-state index is 10.4. The highest BCUT2D eigenvalue weighted by Crippen LogP contribution is 2.18. The molecule has 0 heterocycles. The zero-order chi connectivity index (χ0) is 10.6. The molecule has 0 spiro atoms. The second kappa shape index (κ2) is 4.82. The number of halogens is 1. The molecule has 0 aromatic heterocycles. The Balaban J connectivity index is 2.65. The molecular formula is C11H11ClO2. The topological polar surface area (TPSA) is 37.3 Å². The van der Waals surface area contributed by atoms with Gasteiger partial charge in [0.1, 0.15) is 0 Å². The molecule has 14 heavy (non-hydrogen) atoms. The summed E-state index contributed by atoms with van der Waals surface area (Å²) in [5.41, 5.74) is 1.58. The predicted octanol–water partition coefficient (Wildman–Crippen LogP) is 2.91. The van der Waals surface area contributed by atoms with Crippen LogP contribution in [0.25, 0.3) is 0 Å². The van der Waals surface area contributed by atoms with Crippen molar-refractivity contribution in [3.63, 3.8) is 0 Å². The van der Waals surface area contributed by atoms with Gasteiger partial charge in [-0.05, 0) is 18.1 Å². The SMILES string of the molecule is C=C(CC(=O)O)Cc1ccccc1Cl. The van der Waals surface area contributed by atoms with E-state index in [1.54, 1.807) is 6.07 Å². The highest BCUT2D eigenvalue weighted by Gasteiger charge is 2.04. The lowest BCUT2D eigenvalue weighted by Crippen LogP contribution is -1.99. The van der Waals surface area contributed by atoms with Crippen LogP contribution in [0.15, 0.2) is 36.4 Å². The van der Waals surface area contributed by atoms with Gasteiger partial charge in [-0.15, -0.1) is 0 Å². The van der Waals surface area contributed by atoms with Crippen LogP contribution in [0.2, 0.25) is 5.02 Å². The first kappa shape index (κ1) is 10.8. The van der Waals surface area contributed by atoms with E-state index in [1.165, 1.54) is 0 Å². The number of hydrogen-bond acceptors (Lipinski definition) is 1. The molecule has 74 valence electrons. The number of benzene rings is 1. The second-order valence-electron chi connectivity index (χ2n) is 3.09. The maximum Gasteiger partial charge on any atom is 0.307 e. The number of carboxylic acids is 1. The number of aliphatic carboxylic acids is 1. The molecule has 0 aliphatic heterocycles. The fourth-order valence-electron chi connectivity index (χ4n) is 1.19. The summed E-state index contributed by atoms with van der Waals surface area (Å²) in [6.45, 7) is 3.69. The first-order chi connectivity index (χ1) is 6.59. The van der Waals surface area contributed by atoms with Gasteiger partial charge >= 0.3 is 5.97 Å². The van der Waals surface area contributed by atoms with Gasteiger partial charge in [0.15, 0.2) is 0 Å². The summed E-state index contributed by atoms with van der Waals surface area (Å²) in [5, 5.41) is 9.19. The van der Waals surface area contributed by atoms with Gasteiger partial charge < -0.3 is 5.11 Å². The zero-order valence-corrected chi connectivity index (χ0v) is 8.42. The summed E-state index contributed by atoms with van der Waals surface area (Å²) in [6.07, 6.45) is 0.511. The molecule has 1 aromatic carbocycles. The molecule has 0 fully saturated rings. The third-order valence-corrected chi connectivity index (χ3v) is 2.17. The van der Waals surface area contributed by atoms with Crippen molar-refractivity contribution >= 4 is 17.6 Å². The summed E-state index contributed by atoms with van der Waals surface area (Å²) >= 11 is 5.92. The van der Waals surface area contributed by atoms with Gasteiger partial charge in [0.2, 0.25) is 0 Å². The van der Waals surface area contributed by atoms with Gasteiger partial charge in [-0.3, -0.25) is 4.79 Å². The summed E-state index contributed by atoms with van der Waals surface area (Å²) in [4.78, 5) is 10.4. The Hall–Kier alpha value is -1.28. The van der Waals surface area contributed by atoms with Gasteiger partial charge in [-0.1, -0.05) is 42.0 Å². The normalized spacial score (nSPS) is 9.79. The summed E-state index contributed by atoms with van der Waals surface area (Å²) in [6, 6.07) is 7.36. The summed E-state index contributed by atoms with van der Waals surface area (Å²) in [7, 11) is 0. The van der Waals surface area contributed by atoms with Crippen LogP contribution >= 0.6 is 11.6 Å². The molecule has 0 radical (unpaired) electrons. The Labute approximate surface area is 87.8 Å². The zero-order valence-electron chi connectivity index (χ0n) is 7.66. The van der Waals surface area contributed by atoms with Crippen LogP contribution in [-0.2, 0) is 11.2 Å². The largest absolute Gasteiger partial charge is 0.481 e. The van der Waals surface area contributed by atoms with Crippen molar-refractivity contribution < 1.29 is 9.90 Å². The van der Waals surface area contributed by atoms with Crippen molar-refractivity contribution in [2.45, 2.75) is 12.8 Å². The highest BCUT2D eigenvalue weighted by atomic mass is 35.5. The number of rotatable bonds is 4. The van der Waals surface area contributed by atoms with E-state index >= 15 is 0 Å². The minimum absolute atomic E-state index is 0.00871. The third-order valence-electron chi connectivity index (χ3n) is 1.80. The Kier molecular flexibility index (Phi) is 3.72. The third kappa shape index (κ3) is 3.23. The van der Waals surface area contributed by atoms with Crippen LogP contribution in [0.4, 0.5) is 0 Å². The van der Waals surface area contributed by atoms with E-state index in [1.807, 2.05) is 18.2 Å². The van der Waals surface area contributed by atoms with Crippen LogP contribution in [-0.4, -0.2) is 11.1 Å². The Morgan fingerprint density at radius 1 is 1.43 bits per heavy atom. The van der Waals surface area contributed by atoms with Crippen LogP contribution in [0.1, 0.15) is 12.0 Å². The minimum Gasteiger partial charge on any atom is -0.481 e. The standard InChI is InChI=1S/C11H11ClO2/c1-8(7-11(13)14)6-9-4-2-3-5-10(9)12/h2-5H,1,6-7H2,(H,13,14). The van der Waals surface area contributed by atoms with Crippen molar-refractivity contribution in [3.05, 3.63) is 47.0 Å². The van der Waals surface area contributed by atoms with E-state index in [9.17, 15) is 4.79 Å². The van der Waals surface area contributed by atoms with Crippen LogP contribution in [0, 0.1) is 0 Å². The van der Waals surface area contributed by atoms with Gasteiger partial charge in [0.25, 0.3) is 0 Å². The summed E-state index contributed by atoms with van der Waals surface area (Å²) < 4.78 is 0. The molecule has 1 aromatic rings. The quantitative estimate of drug-likeness (QED) is 0.776. The second-order valence-corrected chi connectivity index (χ2v) is 3.50. The van der Waals surface area contributed by atoms with Crippen LogP contribution in [0.3, 0.4) is 0 Å². The van der Waals surface area contributed by atoms with Crippen LogP contribution in [0.5, 0.6) is 0 Å². The number of hydrogen-bond donors (Lipinski definition) is 1. The Morgan fingerprint density at radius 2 is 2.07 bits per heavy atom. The Morgan fingerprint density at radius 3 is 2.64 bits per heavy atom. The monoisotopic (exact) mass is 210 g/mol. The molecule has 0 aliphatic rings. The molecule has 0 amide bonds. The van der Waals surface area contributed by atoms with Crippen molar-refractivity contribution in [1.82, 2.24) is 0 Å². The van der Waals surface area contributed by atoms with Crippen molar-refractivity contribution in [2.75, 3.05) is 0 Å². The smallest absolute Gasteiger partial charge is 0.307 e. The van der Waals surface area contributed by atoms with Gasteiger partial charge in [0, 0.05) is 5.02 Å². The fraction of sp³-hybridized carbons (Fsp3) is 0.182. The fourth-order valence-corrected chi connectivity index (χ4v) is 1.39. The van der Waals surface area contributed by atoms with Gasteiger partial charge in [-0.2, -0.15) is 0 Å². The molecule has 0 bridgehead atoms. The predicted molar refractivity (Wildman–Crippen MR) is 56.5 cm³/mol. The Bertz CT molecular complexity index is 358. The van der Waals surface area contributed by atoms with E-state index in [2.05, 4.69) is 6.58 Å². The van der Waals surface area contributed by atoms with E-state index in [4.69, 9.17) is 16.7 Å². The maximum absolute atomic E-state index is 10.4. The van der Waals surface area contributed by atoms with E-state index < -0.39 is 5.97 Å². The lowest BCUT2D eigenvalue weighted by atomic mass is 10.0. The lowest BCUT2D eigenvalue weighted by Gasteiger charge is -2.04. The highest BCUT2D eigenvalue weighted by molar-refractivity contribution is 6.31. The molecule has 0 unspecified atom stereocenters. The molecule has 1 N–H and O–H groups in total. The van der Waals surface area contributed by atoms with Crippen molar-refractivity contribution in [2.24, 2.45) is 0 Å². The van der Waals surface area contributed by atoms with E-state index in [0.717, 1.165) is 5.56 Å². The minimum atomic E-state index is -0.859. The first-order valence-electron chi connectivity index (χ1n) is 4.21. The molecule has 3 heteroatoms. The molecule has 1 rings (SSSR count). The van der Waals surface area contributed by atoms with Crippen LogP contribution < -0.4 is 0 Å². The van der Waals surface area contributed by atoms with E-state index in [-0.39, 0.29) is 6.42 Å². The average molecular weight is 211 g/mol. The van der Waals surface area contributed by atoms with Gasteiger partial charge in [-0.25, -0.2) is 0 Å². The molecule has 0 saturated heterocycles. The first-order valence-corrected chi connectivity index (χ1v) is 4.59. The van der Waals surface area contributed by atoms with E-state index in [0.29, 0.717) is 17.0 Å². The number of carboxylic acid groups (broad SMARTS) is 1. The number of carbonyl (C=O) groups is 1. The van der Waals surface area contributed by atoms with Crippen molar-refractivity contribution in [3.8, 4) is 0 Å². The average Bonchev–Trinajstić information content (AvgIpc) is 2.07. The molecule has 0 atom stereocenters. The molecule has 2 nitrogen and oxygen atoms in total.